The van der Waals surface area contributed by atoms with Gasteiger partial charge in [0.15, 0.2) is 23.1 Å². The fourth-order valence-electron chi connectivity index (χ4n) is 4.26. The Morgan fingerprint density at radius 3 is 2.50 bits per heavy atom. The van der Waals surface area contributed by atoms with Gasteiger partial charge in [-0.15, -0.1) is 18.3 Å². The van der Waals surface area contributed by atoms with E-state index in [-0.39, 0.29) is 18.2 Å². The van der Waals surface area contributed by atoms with Crippen molar-refractivity contribution in [3.8, 4) is 17.3 Å². The standard InChI is InChI=1S/C26H19F3N8O3/c27-26(28,29)40-17-10-8-15(9-11-17)13-31-24(38)20(16-5-2-1-3-6-16)36-23-18(14-32-36)22-33-21(19-7-4-12-39-19)35-37(22)25(30)34-23/h1-12,14,20H,13H2,(H2,30,34)(H,31,38). The van der Waals surface area contributed by atoms with Crippen molar-refractivity contribution in [3.63, 3.8) is 0 Å². The molecule has 0 aliphatic heterocycles. The maximum absolute atomic E-state index is 13.6. The fourth-order valence-corrected chi connectivity index (χ4v) is 4.26. The molecule has 0 radical (unpaired) electrons. The Morgan fingerprint density at radius 1 is 1.02 bits per heavy atom. The summed E-state index contributed by atoms with van der Waals surface area (Å²) in [4.78, 5) is 22.6. The van der Waals surface area contributed by atoms with Gasteiger partial charge in [-0.3, -0.25) is 4.79 Å². The van der Waals surface area contributed by atoms with Crippen LogP contribution in [0.4, 0.5) is 19.1 Å². The second-order valence-electron chi connectivity index (χ2n) is 8.67. The van der Waals surface area contributed by atoms with Crippen molar-refractivity contribution in [2.45, 2.75) is 18.9 Å². The Balaban J connectivity index is 1.33. The highest BCUT2D eigenvalue weighted by atomic mass is 19.4. The van der Waals surface area contributed by atoms with E-state index in [1.54, 1.807) is 36.4 Å². The van der Waals surface area contributed by atoms with Crippen LogP contribution in [0.3, 0.4) is 0 Å². The first-order valence-corrected chi connectivity index (χ1v) is 11.9. The van der Waals surface area contributed by atoms with Crippen LogP contribution in [0, 0.1) is 0 Å². The molecule has 1 unspecified atom stereocenters. The molecular weight excluding hydrogens is 529 g/mol. The molecule has 1 amide bonds. The minimum atomic E-state index is -4.79. The third kappa shape index (κ3) is 4.77. The van der Waals surface area contributed by atoms with Gasteiger partial charge in [0.25, 0.3) is 0 Å². The Morgan fingerprint density at radius 2 is 1.80 bits per heavy atom. The summed E-state index contributed by atoms with van der Waals surface area (Å²) in [6.07, 6.45) is -1.76. The second kappa shape index (κ2) is 9.72. The van der Waals surface area contributed by atoms with Crippen molar-refractivity contribution in [3.05, 3.63) is 90.3 Å². The number of nitrogens with two attached hydrogens (primary N) is 1. The molecule has 11 nitrogen and oxygen atoms in total. The first-order chi connectivity index (χ1) is 19.3. The number of anilines is 1. The van der Waals surface area contributed by atoms with Crippen LogP contribution < -0.4 is 15.8 Å². The minimum absolute atomic E-state index is 0.0305. The molecule has 0 aliphatic rings. The summed E-state index contributed by atoms with van der Waals surface area (Å²) in [7, 11) is 0. The lowest BCUT2D eigenvalue weighted by molar-refractivity contribution is -0.274. The van der Waals surface area contributed by atoms with Gasteiger partial charge in [0.05, 0.1) is 17.8 Å². The van der Waals surface area contributed by atoms with Gasteiger partial charge in [0, 0.05) is 6.54 Å². The minimum Gasteiger partial charge on any atom is -0.461 e. The van der Waals surface area contributed by atoms with Crippen molar-refractivity contribution in [2.24, 2.45) is 0 Å². The topological polar surface area (TPSA) is 138 Å². The van der Waals surface area contributed by atoms with Crippen LogP contribution in [0.5, 0.6) is 5.75 Å². The van der Waals surface area contributed by atoms with E-state index in [4.69, 9.17) is 10.2 Å². The molecule has 0 fully saturated rings. The number of alkyl halides is 3. The van der Waals surface area contributed by atoms with Gasteiger partial charge < -0.3 is 20.2 Å². The number of amides is 1. The lowest BCUT2D eigenvalue weighted by Crippen LogP contribution is -2.33. The maximum Gasteiger partial charge on any atom is 0.573 e. The fraction of sp³-hybridized carbons (Fsp3) is 0.115. The van der Waals surface area contributed by atoms with Crippen LogP contribution in [0.25, 0.3) is 28.3 Å². The van der Waals surface area contributed by atoms with Gasteiger partial charge in [0.1, 0.15) is 5.75 Å². The largest absolute Gasteiger partial charge is 0.573 e. The van der Waals surface area contributed by atoms with Crippen LogP contribution in [-0.4, -0.2) is 41.6 Å². The Labute approximate surface area is 223 Å². The van der Waals surface area contributed by atoms with E-state index in [2.05, 4.69) is 30.2 Å². The number of ether oxygens (including phenoxy) is 1. The number of carbonyl (C=O) groups is 1. The van der Waals surface area contributed by atoms with Crippen LogP contribution >= 0.6 is 0 Å². The van der Waals surface area contributed by atoms with Gasteiger partial charge in [-0.05, 0) is 35.4 Å². The molecule has 0 saturated heterocycles. The summed E-state index contributed by atoms with van der Waals surface area (Å²) in [6, 6.07) is 16.6. The molecule has 0 bridgehead atoms. The molecule has 3 N–H and O–H groups in total. The number of rotatable bonds is 7. The number of hydrogen-bond donors (Lipinski definition) is 2. The van der Waals surface area contributed by atoms with Crippen molar-refractivity contribution in [1.29, 1.82) is 0 Å². The van der Waals surface area contributed by atoms with Crippen molar-refractivity contribution >= 4 is 28.5 Å². The van der Waals surface area contributed by atoms with Crippen molar-refractivity contribution in [1.82, 2.24) is 34.7 Å². The molecule has 6 aromatic rings. The zero-order valence-corrected chi connectivity index (χ0v) is 20.4. The number of benzene rings is 2. The zero-order valence-electron chi connectivity index (χ0n) is 20.4. The number of halogens is 3. The van der Waals surface area contributed by atoms with Gasteiger partial charge in [-0.25, -0.2) is 9.67 Å². The van der Waals surface area contributed by atoms with Crippen LogP contribution in [0.1, 0.15) is 17.2 Å². The molecule has 1 atom stereocenters. The first kappa shape index (κ1) is 24.9. The summed E-state index contributed by atoms with van der Waals surface area (Å²) in [5.74, 6) is 0.00472. The number of furan rings is 1. The summed E-state index contributed by atoms with van der Waals surface area (Å²) in [6.45, 7) is 0.0458. The van der Waals surface area contributed by atoms with E-state index >= 15 is 0 Å². The number of nitrogens with zero attached hydrogens (tertiary/aromatic N) is 6. The van der Waals surface area contributed by atoms with E-state index in [1.165, 1.54) is 45.9 Å². The molecule has 4 aromatic heterocycles. The van der Waals surface area contributed by atoms with E-state index in [0.29, 0.717) is 39.4 Å². The number of nitrogen functional groups attached to an aromatic ring is 1. The molecule has 0 saturated carbocycles. The van der Waals surface area contributed by atoms with E-state index < -0.39 is 18.3 Å². The normalized spacial score (nSPS) is 12.6. The van der Waals surface area contributed by atoms with Crippen LogP contribution in [0.2, 0.25) is 0 Å². The first-order valence-electron chi connectivity index (χ1n) is 11.9. The predicted molar refractivity (Wildman–Crippen MR) is 136 cm³/mol. The summed E-state index contributed by atoms with van der Waals surface area (Å²) < 4.78 is 49.5. The molecule has 0 spiro atoms. The van der Waals surface area contributed by atoms with E-state index in [9.17, 15) is 18.0 Å². The molecule has 2 aromatic carbocycles. The summed E-state index contributed by atoms with van der Waals surface area (Å²) >= 11 is 0. The van der Waals surface area contributed by atoms with Crippen molar-refractivity contribution in [2.75, 3.05) is 5.73 Å². The van der Waals surface area contributed by atoms with Crippen molar-refractivity contribution < 1.29 is 27.1 Å². The third-order valence-corrected chi connectivity index (χ3v) is 6.03. The quantitative estimate of drug-likeness (QED) is 0.304. The lowest BCUT2D eigenvalue weighted by Gasteiger charge is -2.19. The number of nitrogens with one attached hydrogen (secondary N) is 1. The monoisotopic (exact) mass is 548 g/mol. The SMILES string of the molecule is Nc1nc2c(cnn2C(C(=O)NCc2ccc(OC(F)(F)F)cc2)c2ccccc2)c2nc(-c3ccco3)nn12. The second-order valence-corrected chi connectivity index (χ2v) is 8.67. The van der Waals surface area contributed by atoms with Crippen LogP contribution in [0.15, 0.2) is 83.6 Å². The third-order valence-electron chi connectivity index (χ3n) is 6.03. The molecular formula is C26H19F3N8O3. The summed E-state index contributed by atoms with van der Waals surface area (Å²) in [5, 5.41) is 12.2. The number of aromatic nitrogens is 6. The molecule has 14 heteroatoms. The highest BCUT2D eigenvalue weighted by molar-refractivity contribution is 5.92. The Kier molecular flexibility index (Phi) is 6.06. The number of hydrogen-bond acceptors (Lipinski definition) is 8. The van der Waals surface area contributed by atoms with E-state index in [0.717, 1.165) is 0 Å². The Hall–Kier alpha value is -5.40. The average Bonchev–Trinajstić information content (AvgIpc) is 3.69. The summed E-state index contributed by atoms with van der Waals surface area (Å²) in [5.41, 5.74) is 8.09. The molecule has 40 heavy (non-hydrogen) atoms. The van der Waals surface area contributed by atoms with Gasteiger partial charge in [-0.2, -0.15) is 14.6 Å². The lowest BCUT2D eigenvalue weighted by atomic mass is 10.1. The van der Waals surface area contributed by atoms with Gasteiger partial charge >= 0.3 is 6.36 Å². The zero-order chi connectivity index (χ0) is 27.9. The van der Waals surface area contributed by atoms with Gasteiger partial charge in [-0.1, -0.05) is 42.5 Å². The number of carbonyl (C=O) groups excluding carboxylic acids is 1. The molecule has 6 rings (SSSR count). The average molecular weight is 548 g/mol. The Bertz CT molecular complexity index is 1800. The highest BCUT2D eigenvalue weighted by Gasteiger charge is 2.31. The number of fused-ring (bicyclic) bond motifs is 3. The van der Waals surface area contributed by atoms with E-state index in [1.807, 2.05) is 6.07 Å². The maximum atomic E-state index is 13.6. The predicted octanol–water partition coefficient (Wildman–Crippen LogP) is 4.12. The van der Waals surface area contributed by atoms with Crippen LogP contribution in [-0.2, 0) is 11.3 Å². The molecule has 0 aliphatic carbocycles. The molecule has 4 heterocycles. The molecule has 202 valence electrons. The highest BCUT2D eigenvalue weighted by Crippen LogP contribution is 2.28. The van der Waals surface area contributed by atoms with Gasteiger partial charge in [0.2, 0.25) is 17.7 Å². The smallest absolute Gasteiger partial charge is 0.461 e.